The van der Waals surface area contributed by atoms with Gasteiger partial charge in [0.05, 0.1) is 25.5 Å². The van der Waals surface area contributed by atoms with E-state index >= 15 is 0 Å². The van der Waals surface area contributed by atoms with Crippen LogP contribution in [0.2, 0.25) is 5.15 Å². The Kier molecular flexibility index (Phi) is 7.19. The van der Waals surface area contributed by atoms with Crippen LogP contribution in [0, 0.1) is 11.3 Å². The van der Waals surface area contributed by atoms with Crippen LogP contribution >= 0.6 is 11.6 Å². The van der Waals surface area contributed by atoms with Crippen molar-refractivity contribution >= 4 is 23.5 Å². The maximum Gasteiger partial charge on any atom is 0.307 e. The van der Waals surface area contributed by atoms with E-state index in [1.165, 1.54) is 23.2 Å². The second-order valence-corrected chi connectivity index (χ2v) is 4.51. The number of amides is 1. The van der Waals surface area contributed by atoms with Crippen molar-refractivity contribution in [1.82, 2.24) is 9.88 Å². The first-order valence-corrected chi connectivity index (χ1v) is 6.89. The van der Waals surface area contributed by atoms with Gasteiger partial charge in [-0.2, -0.15) is 5.26 Å². The minimum absolute atomic E-state index is 0.0871. The SMILES string of the molecule is CCOC(=O)CCN(CCC#N)C(=O)c1ccnc(Cl)c1. The van der Waals surface area contributed by atoms with Crippen LogP contribution in [0.1, 0.15) is 30.1 Å². The Morgan fingerprint density at radius 2 is 2.24 bits per heavy atom. The van der Waals surface area contributed by atoms with Crippen molar-refractivity contribution in [2.45, 2.75) is 19.8 Å². The molecule has 0 saturated carbocycles. The molecule has 7 heteroatoms. The number of aromatic nitrogens is 1. The van der Waals surface area contributed by atoms with Crippen molar-refractivity contribution in [1.29, 1.82) is 5.26 Å². The van der Waals surface area contributed by atoms with Gasteiger partial charge in [-0.05, 0) is 19.1 Å². The second kappa shape index (κ2) is 8.93. The average Bonchev–Trinajstić information content (AvgIpc) is 2.47. The zero-order valence-corrected chi connectivity index (χ0v) is 12.5. The number of carbonyl (C=O) groups is 2. The highest BCUT2D eigenvalue weighted by Crippen LogP contribution is 2.11. The number of rotatable bonds is 7. The van der Waals surface area contributed by atoms with Crippen LogP contribution < -0.4 is 0 Å². The average molecular weight is 310 g/mol. The predicted octanol–water partition coefficient (Wildman–Crippen LogP) is 2.04. The molecule has 112 valence electrons. The lowest BCUT2D eigenvalue weighted by Gasteiger charge is -2.21. The van der Waals surface area contributed by atoms with E-state index in [0.29, 0.717) is 12.2 Å². The standard InChI is InChI=1S/C14H16ClN3O3/c1-2-21-13(19)5-9-18(8-3-6-16)14(20)11-4-7-17-12(15)10-11/h4,7,10H,2-3,5,8-9H2,1H3. The minimum atomic E-state index is -0.375. The van der Waals surface area contributed by atoms with E-state index in [2.05, 4.69) is 4.98 Å². The molecule has 0 fully saturated rings. The Morgan fingerprint density at radius 1 is 1.48 bits per heavy atom. The Morgan fingerprint density at radius 3 is 2.86 bits per heavy atom. The van der Waals surface area contributed by atoms with Crippen molar-refractivity contribution in [3.63, 3.8) is 0 Å². The number of hydrogen-bond acceptors (Lipinski definition) is 5. The molecule has 0 N–H and O–H groups in total. The van der Waals surface area contributed by atoms with Crippen molar-refractivity contribution in [2.75, 3.05) is 19.7 Å². The molecule has 0 aliphatic rings. The Labute approximate surface area is 128 Å². The molecule has 6 nitrogen and oxygen atoms in total. The second-order valence-electron chi connectivity index (χ2n) is 4.12. The number of nitriles is 1. The molecule has 21 heavy (non-hydrogen) atoms. The first kappa shape index (κ1) is 16.9. The van der Waals surface area contributed by atoms with Crippen molar-refractivity contribution < 1.29 is 14.3 Å². The van der Waals surface area contributed by atoms with Crippen molar-refractivity contribution in [3.8, 4) is 6.07 Å². The molecule has 1 rings (SSSR count). The monoisotopic (exact) mass is 309 g/mol. The summed E-state index contributed by atoms with van der Waals surface area (Å²) in [6, 6.07) is 4.97. The quantitative estimate of drug-likeness (QED) is 0.568. The molecule has 0 aliphatic heterocycles. The maximum atomic E-state index is 12.4. The molecule has 0 unspecified atom stereocenters. The van der Waals surface area contributed by atoms with Gasteiger partial charge in [0.2, 0.25) is 0 Å². The number of hydrogen-bond donors (Lipinski definition) is 0. The highest BCUT2D eigenvalue weighted by molar-refractivity contribution is 6.29. The van der Waals surface area contributed by atoms with Gasteiger partial charge in [0.25, 0.3) is 5.91 Å². The molecule has 1 aromatic rings. The molecule has 0 bridgehead atoms. The van der Waals surface area contributed by atoms with Crippen molar-refractivity contribution in [2.24, 2.45) is 0 Å². The topological polar surface area (TPSA) is 83.3 Å². The molecule has 1 amide bonds. The Balaban J connectivity index is 2.74. The fourth-order valence-corrected chi connectivity index (χ4v) is 1.85. The molecule has 0 aromatic carbocycles. The molecule has 0 spiro atoms. The third kappa shape index (κ3) is 5.79. The normalized spacial score (nSPS) is 9.76. The summed E-state index contributed by atoms with van der Waals surface area (Å²) in [5.41, 5.74) is 0.372. The maximum absolute atomic E-state index is 12.4. The van der Waals surface area contributed by atoms with E-state index in [-0.39, 0.29) is 43.0 Å². The summed E-state index contributed by atoms with van der Waals surface area (Å²) >= 11 is 5.76. The first-order valence-electron chi connectivity index (χ1n) is 6.52. The van der Waals surface area contributed by atoms with Gasteiger partial charge in [0, 0.05) is 24.8 Å². The number of pyridine rings is 1. The van der Waals surface area contributed by atoms with Gasteiger partial charge in [0.15, 0.2) is 0 Å². The summed E-state index contributed by atoms with van der Waals surface area (Å²) in [5, 5.41) is 8.88. The van der Waals surface area contributed by atoms with Crippen LogP contribution in [0.25, 0.3) is 0 Å². The van der Waals surface area contributed by atoms with Crippen molar-refractivity contribution in [3.05, 3.63) is 29.0 Å². The van der Waals surface area contributed by atoms with Gasteiger partial charge in [-0.15, -0.1) is 0 Å². The summed E-state index contributed by atoms with van der Waals surface area (Å²) in [4.78, 5) is 29.0. The lowest BCUT2D eigenvalue weighted by molar-refractivity contribution is -0.143. The fourth-order valence-electron chi connectivity index (χ4n) is 1.68. The molecular formula is C14H16ClN3O3. The third-order valence-corrected chi connectivity index (χ3v) is 2.85. The molecule has 0 aliphatic carbocycles. The smallest absolute Gasteiger partial charge is 0.307 e. The predicted molar refractivity (Wildman–Crippen MR) is 76.6 cm³/mol. The summed E-state index contributed by atoms with van der Waals surface area (Å²) in [7, 11) is 0. The fraction of sp³-hybridized carbons (Fsp3) is 0.429. The van der Waals surface area contributed by atoms with Gasteiger partial charge in [-0.1, -0.05) is 11.6 Å². The van der Waals surface area contributed by atoms with Gasteiger partial charge < -0.3 is 9.64 Å². The molecule has 1 aromatic heterocycles. The molecule has 0 atom stereocenters. The van der Waals surface area contributed by atoms with Crippen LogP contribution in [0.5, 0.6) is 0 Å². The lowest BCUT2D eigenvalue weighted by atomic mass is 10.2. The van der Waals surface area contributed by atoms with Gasteiger partial charge in [0.1, 0.15) is 5.15 Å². The number of ether oxygens (including phenoxy) is 1. The third-order valence-electron chi connectivity index (χ3n) is 2.65. The number of halogens is 1. The molecule has 0 saturated heterocycles. The van der Waals surface area contributed by atoms with E-state index in [9.17, 15) is 9.59 Å². The van der Waals surface area contributed by atoms with Gasteiger partial charge in [-0.3, -0.25) is 9.59 Å². The Bertz CT molecular complexity index is 543. The van der Waals surface area contributed by atoms with E-state index in [1.807, 2.05) is 6.07 Å². The van der Waals surface area contributed by atoms with Crippen LogP contribution in [0.3, 0.4) is 0 Å². The highest BCUT2D eigenvalue weighted by atomic mass is 35.5. The highest BCUT2D eigenvalue weighted by Gasteiger charge is 2.17. The summed E-state index contributed by atoms with van der Waals surface area (Å²) in [5.74, 6) is -0.668. The Hall–Kier alpha value is -2.13. The van der Waals surface area contributed by atoms with Crippen LogP contribution in [0.15, 0.2) is 18.3 Å². The van der Waals surface area contributed by atoms with E-state index in [1.54, 1.807) is 6.92 Å². The molecule has 1 heterocycles. The zero-order chi connectivity index (χ0) is 15.7. The summed E-state index contributed by atoms with van der Waals surface area (Å²) < 4.78 is 4.83. The van der Waals surface area contributed by atoms with Crippen LogP contribution in [0.4, 0.5) is 0 Å². The van der Waals surface area contributed by atoms with Crippen LogP contribution in [-0.2, 0) is 9.53 Å². The van der Waals surface area contributed by atoms with Gasteiger partial charge in [-0.25, -0.2) is 4.98 Å². The van der Waals surface area contributed by atoms with Crippen LogP contribution in [-0.4, -0.2) is 41.5 Å². The summed E-state index contributed by atoms with van der Waals surface area (Å²) in [6.07, 6.45) is 1.71. The number of carbonyl (C=O) groups excluding carboxylic acids is 2. The van der Waals surface area contributed by atoms with E-state index in [4.69, 9.17) is 21.6 Å². The lowest BCUT2D eigenvalue weighted by Crippen LogP contribution is -2.34. The molecular weight excluding hydrogens is 294 g/mol. The van der Waals surface area contributed by atoms with E-state index < -0.39 is 0 Å². The summed E-state index contributed by atoms with van der Waals surface area (Å²) in [6.45, 7) is 2.45. The number of nitrogens with zero attached hydrogens (tertiary/aromatic N) is 3. The zero-order valence-electron chi connectivity index (χ0n) is 11.7. The van der Waals surface area contributed by atoms with E-state index in [0.717, 1.165) is 0 Å². The molecule has 0 radical (unpaired) electrons. The largest absolute Gasteiger partial charge is 0.466 e. The minimum Gasteiger partial charge on any atom is -0.466 e. The first-order chi connectivity index (χ1) is 10.1. The van der Waals surface area contributed by atoms with Gasteiger partial charge >= 0.3 is 5.97 Å². The number of esters is 1.